The third-order valence-electron chi connectivity index (χ3n) is 4.18. The van der Waals surface area contributed by atoms with Gasteiger partial charge in [-0.05, 0) is 31.2 Å². The summed E-state index contributed by atoms with van der Waals surface area (Å²) in [6, 6.07) is 14.5. The largest absolute Gasteiger partial charge is 0.424 e. The van der Waals surface area contributed by atoms with Crippen molar-refractivity contribution in [3.63, 3.8) is 0 Å². The minimum absolute atomic E-state index is 0.343. The van der Waals surface area contributed by atoms with Crippen molar-refractivity contribution in [1.29, 1.82) is 0 Å². The first-order chi connectivity index (χ1) is 13.7. The average Bonchev–Trinajstić information content (AvgIpc) is 3.34. The lowest BCUT2D eigenvalue weighted by molar-refractivity contribution is 0.470. The zero-order valence-electron chi connectivity index (χ0n) is 15.5. The zero-order valence-corrected chi connectivity index (χ0v) is 16.3. The van der Waals surface area contributed by atoms with Gasteiger partial charge in [-0.15, -0.1) is 20.4 Å². The molecule has 2 aromatic heterocycles. The Morgan fingerprint density at radius 3 is 2.43 bits per heavy atom. The number of hydrogen-bond donors (Lipinski definition) is 0. The Labute approximate surface area is 165 Å². The van der Waals surface area contributed by atoms with E-state index in [9.17, 15) is 4.39 Å². The molecule has 0 spiro atoms. The van der Waals surface area contributed by atoms with Crippen LogP contribution in [0.2, 0.25) is 0 Å². The van der Waals surface area contributed by atoms with Crippen LogP contribution in [0.15, 0.2) is 58.1 Å². The summed E-state index contributed by atoms with van der Waals surface area (Å²) in [5.74, 6) is 1.68. The third kappa shape index (κ3) is 3.68. The van der Waals surface area contributed by atoms with Crippen molar-refractivity contribution >= 4 is 11.8 Å². The standard InChI is InChI=1S/C20H18FN5OS/c1-3-17-22-23-18(27-17)12-28-20-25-24-19(15-6-4-5-7-16(15)21)26(20)14-10-8-13(2)9-11-14/h4-11H,3,12H2,1-2H3. The predicted octanol–water partition coefficient (Wildman–Crippen LogP) is 4.62. The van der Waals surface area contributed by atoms with E-state index in [-0.39, 0.29) is 5.82 Å². The SMILES string of the molecule is CCc1nnc(CSc2nnc(-c3ccccc3F)n2-c2ccc(C)cc2)o1. The molecule has 2 aromatic carbocycles. The number of halogens is 1. The highest BCUT2D eigenvalue weighted by atomic mass is 32.2. The smallest absolute Gasteiger partial charge is 0.226 e. The average molecular weight is 395 g/mol. The van der Waals surface area contributed by atoms with E-state index >= 15 is 0 Å². The number of aryl methyl sites for hydroxylation is 2. The molecule has 0 N–H and O–H groups in total. The Balaban J connectivity index is 1.73. The van der Waals surface area contributed by atoms with Crippen LogP contribution in [0.1, 0.15) is 24.3 Å². The number of rotatable bonds is 6. The van der Waals surface area contributed by atoms with Crippen LogP contribution in [0, 0.1) is 12.7 Å². The van der Waals surface area contributed by atoms with Crippen molar-refractivity contribution in [2.75, 3.05) is 0 Å². The highest BCUT2D eigenvalue weighted by Crippen LogP contribution is 2.30. The number of aromatic nitrogens is 5. The minimum Gasteiger partial charge on any atom is -0.424 e. The van der Waals surface area contributed by atoms with Crippen LogP contribution in [0.3, 0.4) is 0 Å². The Hall–Kier alpha value is -3.00. The predicted molar refractivity (Wildman–Crippen MR) is 105 cm³/mol. The molecule has 0 unspecified atom stereocenters. The molecule has 6 nitrogen and oxygen atoms in total. The Kier molecular flexibility index (Phi) is 5.21. The normalized spacial score (nSPS) is 11.1. The number of thioether (sulfide) groups is 1. The maximum absolute atomic E-state index is 14.4. The summed E-state index contributed by atoms with van der Waals surface area (Å²) in [7, 11) is 0. The third-order valence-corrected chi connectivity index (χ3v) is 5.09. The Morgan fingerprint density at radius 2 is 1.71 bits per heavy atom. The molecule has 142 valence electrons. The molecule has 0 aliphatic heterocycles. The second-order valence-corrected chi connectivity index (χ2v) is 7.13. The summed E-state index contributed by atoms with van der Waals surface area (Å²) in [5.41, 5.74) is 2.39. The van der Waals surface area contributed by atoms with Gasteiger partial charge in [-0.1, -0.05) is 48.5 Å². The second kappa shape index (κ2) is 7.93. The fraction of sp³-hybridized carbons (Fsp3) is 0.200. The van der Waals surface area contributed by atoms with Crippen molar-refractivity contribution < 1.29 is 8.81 Å². The maximum atomic E-state index is 14.4. The first-order valence-corrected chi connectivity index (χ1v) is 9.85. The molecule has 0 fully saturated rings. The molecule has 0 saturated heterocycles. The van der Waals surface area contributed by atoms with Crippen LogP contribution in [0.5, 0.6) is 0 Å². The summed E-state index contributed by atoms with van der Waals surface area (Å²) in [6.45, 7) is 3.98. The van der Waals surface area contributed by atoms with E-state index < -0.39 is 0 Å². The van der Waals surface area contributed by atoms with Crippen LogP contribution in [-0.2, 0) is 12.2 Å². The second-order valence-electron chi connectivity index (χ2n) is 6.19. The Morgan fingerprint density at radius 1 is 0.964 bits per heavy atom. The van der Waals surface area contributed by atoms with Crippen molar-refractivity contribution in [3.8, 4) is 17.1 Å². The molecule has 4 aromatic rings. The van der Waals surface area contributed by atoms with Gasteiger partial charge in [0.05, 0.1) is 11.3 Å². The van der Waals surface area contributed by atoms with Crippen molar-refractivity contribution in [1.82, 2.24) is 25.0 Å². The van der Waals surface area contributed by atoms with Crippen molar-refractivity contribution in [2.45, 2.75) is 31.2 Å². The molecule has 2 heterocycles. The molecular weight excluding hydrogens is 377 g/mol. The first kappa shape index (κ1) is 18.4. The minimum atomic E-state index is -0.343. The van der Waals surface area contributed by atoms with Crippen molar-refractivity contribution in [2.24, 2.45) is 0 Å². The van der Waals surface area contributed by atoms with Crippen LogP contribution in [-0.4, -0.2) is 25.0 Å². The van der Waals surface area contributed by atoms with Gasteiger partial charge in [-0.25, -0.2) is 4.39 Å². The van der Waals surface area contributed by atoms with E-state index in [0.717, 1.165) is 11.3 Å². The van der Waals surface area contributed by atoms with E-state index in [4.69, 9.17) is 4.42 Å². The maximum Gasteiger partial charge on any atom is 0.226 e. The van der Waals surface area contributed by atoms with Gasteiger partial charge in [-0.3, -0.25) is 4.57 Å². The number of hydrogen-bond acceptors (Lipinski definition) is 6. The monoisotopic (exact) mass is 395 g/mol. The van der Waals surface area contributed by atoms with Crippen LogP contribution >= 0.6 is 11.8 Å². The fourth-order valence-electron chi connectivity index (χ4n) is 2.72. The van der Waals surface area contributed by atoms with E-state index in [1.807, 2.05) is 42.7 Å². The van der Waals surface area contributed by atoms with Crippen molar-refractivity contribution in [3.05, 3.63) is 71.7 Å². The fourth-order valence-corrected chi connectivity index (χ4v) is 3.51. The van der Waals surface area contributed by atoms with Crippen LogP contribution in [0.4, 0.5) is 4.39 Å². The molecule has 8 heteroatoms. The molecule has 0 saturated carbocycles. The summed E-state index contributed by atoms with van der Waals surface area (Å²) >= 11 is 1.42. The van der Waals surface area contributed by atoms with E-state index in [0.29, 0.717) is 40.5 Å². The van der Waals surface area contributed by atoms with Crippen LogP contribution in [0.25, 0.3) is 17.1 Å². The lowest BCUT2D eigenvalue weighted by Gasteiger charge is -2.10. The highest BCUT2D eigenvalue weighted by molar-refractivity contribution is 7.98. The number of nitrogens with zero attached hydrogens (tertiary/aromatic N) is 5. The lowest BCUT2D eigenvalue weighted by Crippen LogP contribution is -2.01. The zero-order chi connectivity index (χ0) is 19.5. The van der Waals surface area contributed by atoms with Gasteiger partial charge in [0.15, 0.2) is 11.0 Å². The van der Waals surface area contributed by atoms with Gasteiger partial charge in [0.1, 0.15) is 5.82 Å². The van der Waals surface area contributed by atoms with Gasteiger partial charge in [-0.2, -0.15) is 0 Å². The summed E-state index contributed by atoms with van der Waals surface area (Å²) in [5, 5.41) is 17.2. The Bertz CT molecular complexity index is 1090. The summed E-state index contributed by atoms with van der Waals surface area (Å²) in [4.78, 5) is 0. The molecule has 0 aliphatic rings. The highest BCUT2D eigenvalue weighted by Gasteiger charge is 2.19. The van der Waals surface area contributed by atoms with E-state index in [1.54, 1.807) is 18.2 Å². The van der Waals surface area contributed by atoms with Gasteiger partial charge >= 0.3 is 0 Å². The summed E-state index contributed by atoms with van der Waals surface area (Å²) in [6.07, 6.45) is 0.689. The quantitative estimate of drug-likeness (QED) is 0.444. The molecule has 0 radical (unpaired) electrons. The molecule has 0 aliphatic carbocycles. The van der Waals surface area contributed by atoms with Gasteiger partial charge < -0.3 is 4.42 Å². The molecule has 0 atom stereocenters. The topological polar surface area (TPSA) is 69.6 Å². The summed E-state index contributed by atoms with van der Waals surface area (Å²) < 4.78 is 21.8. The molecule has 4 rings (SSSR count). The number of benzene rings is 2. The molecule has 0 amide bonds. The van der Waals surface area contributed by atoms with E-state index in [1.165, 1.54) is 17.8 Å². The molecular formula is C20H18FN5OS. The molecule has 0 bridgehead atoms. The molecule has 28 heavy (non-hydrogen) atoms. The van der Waals surface area contributed by atoms with Gasteiger partial charge in [0.25, 0.3) is 0 Å². The lowest BCUT2D eigenvalue weighted by atomic mass is 10.2. The first-order valence-electron chi connectivity index (χ1n) is 8.87. The van der Waals surface area contributed by atoms with E-state index in [2.05, 4.69) is 20.4 Å². The van der Waals surface area contributed by atoms with Gasteiger partial charge in [0, 0.05) is 12.1 Å². The van der Waals surface area contributed by atoms with Gasteiger partial charge in [0.2, 0.25) is 11.8 Å². The van der Waals surface area contributed by atoms with Crippen LogP contribution < -0.4 is 0 Å².